The van der Waals surface area contributed by atoms with E-state index in [1.165, 1.54) is 9.21 Å². The van der Waals surface area contributed by atoms with Crippen LogP contribution in [0.5, 0.6) is 0 Å². The largest absolute Gasteiger partial charge is 0.481 e. The molecule has 2 atom stereocenters. The number of amides is 1. The number of nitrogens with zero attached hydrogens (tertiary/aromatic N) is 2. The Morgan fingerprint density at radius 3 is 2.35 bits per heavy atom. The number of carbonyl (C=O) groups excluding carboxylic acids is 1. The van der Waals surface area contributed by atoms with Gasteiger partial charge < -0.3 is 10.0 Å². The average Bonchev–Trinajstić information content (AvgIpc) is 2.96. The number of likely N-dealkylation sites (tertiary alicyclic amines) is 1. The number of carbonyl (C=O) groups is 2. The first kappa shape index (κ1) is 17.2. The summed E-state index contributed by atoms with van der Waals surface area (Å²) in [7, 11) is -3.39. The molecule has 0 bridgehead atoms. The molecule has 2 aliphatic heterocycles. The van der Waals surface area contributed by atoms with E-state index in [0.29, 0.717) is 32.4 Å². The highest BCUT2D eigenvalue weighted by molar-refractivity contribution is 7.88. The van der Waals surface area contributed by atoms with E-state index in [4.69, 9.17) is 5.11 Å². The average molecular weight is 327 g/mol. The highest BCUT2D eigenvalue weighted by Crippen LogP contribution is 2.25. The number of carboxylic acids is 1. The van der Waals surface area contributed by atoms with Crippen LogP contribution in [0.15, 0.2) is 0 Å². The minimum Gasteiger partial charge on any atom is -0.481 e. The molecule has 2 fully saturated rings. The fourth-order valence-corrected chi connectivity index (χ4v) is 3.88. The Kier molecular flexibility index (Phi) is 5.39. The van der Waals surface area contributed by atoms with Crippen molar-refractivity contribution in [3.8, 4) is 0 Å². The van der Waals surface area contributed by atoms with Crippen LogP contribution in [0, 0.1) is 5.92 Å². The lowest BCUT2D eigenvalue weighted by molar-refractivity contribution is -0.141. The van der Waals surface area contributed by atoms with Gasteiger partial charge in [0, 0.05) is 19.6 Å². The van der Waals surface area contributed by atoms with E-state index < -0.39 is 28.0 Å². The number of hydrogen-bond donors (Lipinski definition) is 1. The van der Waals surface area contributed by atoms with Crippen molar-refractivity contribution in [3.05, 3.63) is 0 Å². The van der Waals surface area contributed by atoms with Gasteiger partial charge in [0.15, 0.2) is 0 Å². The predicted octanol–water partition coefficient (Wildman–Crippen LogP) is -0.235. The molecule has 2 rings (SSSR count). The Hall–Kier alpha value is -0.860. The zero-order chi connectivity index (χ0) is 14.2. The van der Waals surface area contributed by atoms with Crippen LogP contribution in [0.2, 0.25) is 0 Å². The van der Waals surface area contributed by atoms with Crippen LogP contribution in [0.25, 0.3) is 0 Å². The van der Waals surface area contributed by atoms with E-state index >= 15 is 0 Å². The molecule has 2 aliphatic rings. The molecule has 0 radical (unpaired) electrons. The van der Waals surface area contributed by atoms with Gasteiger partial charge >= 0.3 is 5.97 Å². The van der Waals surface area contributed by atoms with Crippen LogP contribution in [0.3, 0.4) is 0 Å². The summed E-state index contributed by atoms with van der Waals surface area (Å²) in [6, 6.07) is -0.650. The lowest BCUT2D eigenvalue weighted by atomic mass is 10.1. The number of hydrogen-bond acceptors (Lipinski definition) is 4. The maximum absolute atomic E-state index is 12.3. The first-order chi connectivity index (χ1) is 8.80. The number of rotatable bonds is 3. The number of carboxylic acid groups (broad SMARTS) is 1. The van der Waals surface area contributed by atoms with Crippen molar-refractivity contribution in [2.75, 3.05) is 25.9 Å². The molecule has 2 heterocycles. The van der Waals surface area contributed by atoms with Gasteiger partial charge in [-0.15, -0.1) is 12.4 Å². The monoisotopic (exact) mass is 326 g/mol. The van der Waals surface area contributed by atoms with Crippen molar-refractivity contribution in [1.82, 2.24) is 9.21 Å². The SMILES string of the molecule is CS(=O)(=O)N1CCCC1C(=O)N1CCC(C(=O)O)C1.Cl. The number of sulfonamides is 1. The Bertz CT molecular complexity index is 495. The maximum Gasteiger partial charge on any atom is 0.308 e. The summed E-state index contributed by atoms with van der Waals surface area (Å²) in [5, 5.41) is 8.92. The van der Waals surface area contributed by atoms with E-state index in [0.717, 1.165) is 6.26 Å². The van der Waals surface area contributed by atoms with Crippen molar-refractivity contribution in [3.63, 3.8) is 0 Å². The summed E-state index contributed by atoms with van der Waals surface area (Å²) >= 11 is 0. The fourth-order valence-electron chi connectivity index (χ4n) is 2.76. The Labute approximate surface area is 124 Å². The van der Waals surface area contributed by atoms with Gasteiger partial charge in [-0.1, -0.05) is 0 Å². The molecule has 9 heteroatoms. The Balaban J connectivity index is 0.00000200. The molecular formula is C11H19ClN2O5S. The molecule has 0 aliphatic carbocycles. The topological polar surface area (TPSA) is 95.0 Å². The molecule has 20 heavy (non-hydrogen) atoms. The van der Waals surface area contributed by atoms with Crippen LogP contribution >= 0.6 is 12.4 Å². The summed E-state index contributed by atoms with van der Waals surface area (Å²) in [4.78, 5) is 24.6. The lowest BCUT2D eigenvalue weighted by Gasteiger charge is -2.26. The van der Waals surface area contributed by atoms with Crippen LogP contribution in [0.4, 0.5) is 0 Å². The highest BCUT2D eigenvalue weighted by atomic mass is 35.5. The third kappa shape index (κ3) is 3.42. The molecule has 1 amide bonds. The predicted molar refractivity (Wildman–Crippen MR) is 74.1 cm³/mol. The highest BCUT2D eigenvalue weighted by Gasteiger charge is 2.41. The van der Waals surface area contributed by atoms with E-state index in [1.807, 2.05) is 0 Å². The Morgan fingerprint density at radius 1 is 1.20 bits per heavy atom. The lowest BCUT2D eigenvalue weighted by Crippen LogP contribution is -2.46. The van der Waals surface area contributed by atoms with Crippen LogP contribution < -0.4 is 0 Å². The van der Waals surface area contributed by atoms with Crippen molar-refractivity contribution in [2.45, 2.75) is 25.3 Å². The first-order valence-electron chi connectivity index (χ1n) is 6.29. The molecule has 2 saturated heterocycles. The minimum absolute atomic E-state index is 0. The molecule has 0 aromatic rings. The van der Waals surface area contributed by atoms with Gasteiger partial charge in [0.2, 0.25) is 15.9 Å². The zero-order valence-corrected chi connectivity index (χ0v) is 12.8. The Morgan fingerprint density at radius 2 is 1.85 bits per heavy atom. The second-order valence-corrected chi connectivity index (χ2v) is 7.07. The second kappa shape index (κ2) is 6.28. The summed E-state index contributed by atoms with van der Waals surface area (Å²) in [6.07, 6.45) is 2.72. The first-order valence-corrected chi connectivity index (χ1v) is 8.14. The van der Waals surface area contributed by atoms with Gasteiger partial charge in [-0.2, -0.15) is 4.31 Å². The van der Waals surface area contributed by atoms with Crippen LogP contribution in [0.1, 0.15) is 19.3 Å². The van der Waals surface area contributed by atoms with E-state index in [9.17, 15) is 18.0 Å². The van der Waals surface area contributed by atoms with Crippen molar-refractivity contribution in [2.24, 2.45) is 5.92 Å². The summed E-state index contributed by atoms with van der Waals surface area (Å²) < 4.78 is 24.4. The van der Waals surface area contributed by atoms with E-state index in [-0.39, 0.29) is 24.9 Å². The molecule has 0 aromatic carbocycles. The zero-order valence-electron chi connectivity index (χ0n) is 11.2. The van der Waals surface area contributed by atoms with Gasteiger partial charge in [0.1, 0.15) is 6.04 Å². The molecule has 1 N–H and O–H groups in total. The van der Waals surface area contributed by atoms with Crippen LogP contribution in [-0.4, -0.2) is 66.5 Å². The fraction of sp³-hybridized carbons (Fsp3) is 0.818. The van der Waals surface area contributed by atoms with Gasteiger partial charge in [-0.3, -0.25) is 9.59 Å². The molecule has 0 aromatic heterocycles. The van der Waals surface area contributed by atoms with Crippen LogP contribution in [-0.2, 0) is 19.6 Å². The van der Waals surface area contributed by atoms with Gasteiger partial charge in [0.25, 0.3) is 0 Å². The van der Waals surface area contributed by atoms with Gasteiger partial charge in [-0.25, -0.2) is 8.42 Å². The van der Waals surface area contributed by atoms with Crippen molar-refractivity contribution >= 4 is 34.3 Å². The molecule has 116 valence electrons. The minimum atomic E-state index is -3.39. The molecule has 0 saturated carbocycles. The third-order valence-electron chi connectivity index (χ3n) is 3.76. The number of aliphatic carboxylic acids is 1. The maximum atomic E-state index is 12.3. The molecule has 0 spiro atoms. The summed E-state index contributed by atoms with van der Waals surface area (Å²) in [5.41, 5.74) is 0. The molecular weight excluding hydrogens is 308 g/mol. The summed E-state index contributed by atoms with van der Waals surface area (Å²) in [5.74, 6) is -1.69. The van der Waals surface area contributed by atoms with Crippen molar-refractivity contribution in [1.29, 1.82) is 0 Å². The quantitative estimate of drug-likeness (QED) is 0.772. The second-order valence-electron chi connectivity index (χ2n) is 5.14. The normalized spacial score (nSPS) is 27.4. The van der Waals surface area contributed by atoms with Crippen molar-refractivity contribution < 1.29 is 23.1 Å². The molecule has 7 nitrogen and oxygen atoms in total. The third-order valence-corrected chi connectivity index (χ3v) is 5.05. The summed E-state index contributed by atoms with van der Waals surface area (Å²) in [6.45, 7) is 0.942. The number of halogens is 1. The smallest absolute Gasteiger partial charge is 0.308 e. The van der Waals surface area contributed by atoms with Gasteiger partial charge in [0.05, 0.1) is 12.2 Å². The standard InChI is InChI=1S/C11H18N2O5S.ClH/c1-19(17,18)13-5-2-3-9(13)10(14)12-6-4-8(7-12)11(15)16;/h8-9H,2-7H2,1H3,(H,15,16);1H. The van der Waals surface area contributed by atoms with E-state index in [2.05, 4.69) is 0 Å². The molecule has 2 unspecified atom stereocenters. The van der Waals surface area contributed by atoms with E-state index in [1.54, 1.807) is 0 Å². The van der Waals surface area contributed by atoms with Gasteiger partial charge in [-0.05, 0) is 19.3 Å².